The number of rotatable bonds is 5. The van der Waals surface area contributed by atoms with Crippen molar-refractivity contribution >= 4 is 17.9 Å². The number of oxazole rings is 1. The van der Waals surface area contributed by atoms with Crippen molar-refractivity contribution in [3.05, 3.63) is 41.7 Å². The Balaban J connectivity index is 1.85. The average molecular weight is 339 g/mol. The Morgan fingerprint density at radius 1 is 1.16 bits per heavy atom. The summed E-state index contributed by atoms with van der Waals surface area (Å²) in [5.41, 5.74) is 1.07. The summed E-state index contributed by atoms with van der Waals surface area (Å²) in [6, 6.07) is 5.71. The SMILES string of the molecule is CCNc1nc(C)c(C(=O)Nc2nc(C)nc(-c3ccccn3)n2)o1. The minimum absolute atomic E-state index is 0.105. The first-order chi connectivity index (χ1) is 12.1. The molecule has 1 amide bonds. The fourth-order valence-electron chi connectivity index (χ4n) is 2.14. The van der Waals surface area contributed by atoms with Gasteiger partial charge < -0.3 is 9.73 Å². The van der Waals surface area contributed by atoms with Crippen LogP contribution in [0.3, 0.4) is 0 Å². The Bertz CT molecular complexity index is 893. The molecule has 3 aromatic heterocycles. The minimum atomic E-state index is -0.480. The number of nitrogens with one attached hydrogen (secondary N) is 2. The number of carbonyl (C=O) groups excluding carboxylic acids is 1. The zero-order valence-corrected chi connectivity index (χ0v) is 14.1. The summed E-state index contributed by atoms with van der Waals surface area (Å²) >= 11 is 0. The molecule has 0 aliphatic carbocycles. The van der Waals surface area contributed by atoms with Crippen LogP contribution in [-0.2, 0) is 0 Å². The summed E-state index contributed by atoms with van der Waals surface area (Å²) in [7, 11) is 0. The lowest BCUT2D eigenvalue weighted by molar-refractivity contribution is 0.0996. The highest BCUT2D eigenvalue weighted by Crippen LogP contribution is 2.17. The van der Waals surface area contributed by atoms with Crippen molar-refractivity contribution in [2.45, 2.75) is 20.8 Å². The van der Waals surface area contributed by atoms with Crippen LogP contribution in [0.5, 0.6) is 0 Å². The van der Waals surface area contributed by atoms with Gasteiger partial charge in [0.05, 0.1) is 5.69 Å². The number of nitrogens with zero attached hydrogens (tertiary/aromatic N) is 5. The second-order valence-electron chi connectivity index (χ2n) is 5.16. The van der Waals surface area contributed by atoms with Crippen molar-refractivity contribution in [1.82, 2.24) is 24.9 Å². The third-order valence-electron chi connectivity index (χ3n) is 3.20. The summed E-state index contributed by atoms with van der Waals surface area (Å²) in [6.45, 7) is 5.96. The van der Waals surface area contributed by atoms with Gasteiger partial charge in [0.1, 0.15) is 11.5 Å². The third kappa shape index (κ3) is 3.77. The van der Waals surface area contributed by atoms with Gasteiger partial charge in [0.15, 0.2) is 5.82 Å². The smallest absolute Gasteiger partial charge is 0.295 e. The van der Waals surface area contributed by atoms with Crippen LogP contribution in [-0.4, -0.2) is 37.4 Å². The molecule has 0 fully saturated rings. The molecule has 0 spiro atoms. The first-order valence-electron chi connectivity index (χ1n) is 7.73. The van der Waals surface area contributed by atoms with Gasteiger partial charge in [-0.25, -0.2) is 4.98 Å². The Morgan fingerprint density at radius 3 is 2.72 bits per heavy atom. The van der Waals surface area contributed by atoms with Crippen LogP contribution >= 0.6 is 0 Å². The summed E-state index contributed by atoms with van der Waals surface area (Å²) in [5.74, 6) is 0.596. The lowest BCUT2D eigenvalue weighted by Crippen LogP contribution is -2.16. The van der Waals surface area contributed by atoms with Crippen LogP contribution in [0.15, 0.2) is 28.8 Å². The molecule has 0 radical (unpaired) electrons. The first-order valence-corrected chi connectivity index (χ1v) is 7.73. The highest BCUT2D eigenvalue weighted by Gasteiger charge is 2.19. The molecule has 3 aromatic rings. The number of amides is 1. The molecule has 0 aromatic carbocycles. The topological polar surface area (TPSA) is 119 Å². The van der Waals surface area contributed by atoms with E-state index in [9.17, 15) is 4.79 Å². The van der Waals surface area contributed by atoms with Crippen LogP contribution in [0, 0.1) is 13.8 Å². The van der Waals surface area contributed by atoms with Crippen molar-refractivity contribution < 1.29 is 9.21 Å². The van der Waals surface area contributed by atoms with E-state index in [1.807, 2.05) is 13.0 Å². The van der Waals surface area contributed by atoms with Gasteiger partial charge in [-0.2, -0.15) is 15.0 Å². The molecule has 0 saturated heterocycles. The highest BCUT2D eigenvalue weighted by atomic mass is 16.4. The lowest BCUT2D eigenvalue weighted by atomic mass is 10.3. The first kappa shape index (κ1) is 16.5. The van der Waals surface area contributed by atoms with Crippen LogP contribution in [0.1, 0.15) is 29.0 Å². The van der Waals surface area contributed by atoms with Crippen molar-refractivity contribution in [2.24, 2.45) is 0 Å². The Labute approximate surface area is 144 Å². The van der Waals surface area contributed by atoms with Gasteiger partial charge in [0.25, 0.3) is 11.9 Å². The summed E-state index contributed by atoms with van der Waals surface area (Å²) < 4.78 is 5.42. The Kier molecular flexibility index (Phi) is 4.64. The van der Waals surface area contributed by atoms with E-state index in [2.05, 4.69) is 35.6 Å². The van der Waals surface area contributed by atoms with Crippen LogP contribution in [0.25, 0.3) is 11.5 Å². The van der Waals surface area contributed by atoms with Crippen molar-refractivity contribution in [3.63, 3.8) is 0 Å². The van der Waals surface area contributed by atoms with Crippen molar-refractivity contribution in [1.29, 1.82) is 0 Å². The fraction of sp³-hybridized carbons (Fsp3) is 0.250. The van der Waals surface area contributed by atoms with Crippen molar-refractivity contribution in [3.8, 4) is 11.5 Å². The molecule has 9 heteroatoms. The zero-order chi connectivity index (χ0) is 17.8. The molecule has 0 bridgehead atoms. The van der Waals surface area contributed by atoms with Gasteiger partial charge >= 0.3 is 0 Å². The predicted octanol–water partition coefficient (Wildman–Crippen LogP) is 2.22. The van der Waals surface area contributed by atoms with E-state index in [-0.39, 0.29) is 11.7 Å². The average Bonchev–Trinajstić information content (AvgIpc) is 2.96. The predicted molar refractivity (Wildman–Crippen MR) is 91.2 cm³/mol. The normalized spacial score (nSPS) is 10.5. The van der Waals surface area contributed by atoms with E-state index in [1.165, 1.54) is 0 Å². The number of hydrogen-bond donors (Lipinski definition) is 2. The molecule has 25 heavy (non-hydrogen) atoms. The highest BCUT2D eigenvalue weighted by molar-refractivity contribution is 6.02. The summed E-state index contributed by atoms with van der Waals surface area (Å²) in [5, 5.41) is 5.53. The molecule has 0 aliphatic heterocycles. The second-order valence-corrected chi connectivity index (χ2v) is 5.16. The molecule has 9 nitrogen and oxygen atoms in total. The van der Waals surface area contributed by atoms with Crippen LogP contribution < -0.4 is 10.6 Å². The minimum Gasteiger partial charge on any atom is -0.418 e. The molecule has 2 N–H and O–H groups in total. The standard InChI is InChI=1S/C16H17N7O2/c1-4-17-16-19-9(2)12(25-16)14(24)23-15-21-10(3)20-13(22-15)11-7-5-6-8-18-11/h5-8H,4H2,1-3H3,(H,17,19)(H,20,21,22,23,24). The van der Waals surface area contributed by atoms with E-state index in [1.54, 1.807) is 32.2 Å². The third-order valence-corrected chi connectivity index (χ3v) is 3.20. The summed E-state index contributed by atoms with van der Waals surface area (Å²) in [4.78, 5) is 33.4. The number of anilines is 2. The molecule has 0 aliphatic rings. The number of aromatic nitrogens is 5. The largest absolute Gasteiger partial charge is 0.418 e. The number of pyridine rings is 1. The maximum atomic E-state index is 12.4. The molecular weight excluding hydrogens is 322 g/mol. The van der Waals surface area contributed by atoms with Gasteiger partial charge in [-0.15, -0.1) is 0 Å². The van der Waals surface area contributed by atoms with Gasteiger partial charge in [-0.1, -0.05) is 6.07 Å². The van der Waals surface area contributed by atoms with Gasteiger partial charge in [0, 0.05) is 12.7 Å². The molecule has 3 rings (SSSR count). The van der Waals surface area contributed by atoms with E-state index in [0.717, 1.165) is 0 Å². The second kappa shape index (κ2) is 7.04. The zero-order valence-electron chi connectivity index (χ0n) is 14.1. The van der Waals surface area contributed by atoms with E-state index in [4.69, 9.17) is 4.42 Å². The maximum Gasteiger partial charge on any atom is 0.295 e. The number of carbonyl (C=O) groups is 1. The number of hydrogen-bond acceptors (Lipinski definition) is 8. The molecular formula is C16H17N7O2. The molecule has 128 valence electrons. The molecule has 0 atom stereocenters. The summed E-state index contributed by atoms with van der Waals surface area (Å²) in [6.07, 6.45) is 1.65. The Morgan fingerprint density at radius 2 is 2.00 bits per heavy atom. The monoisotopic (exact) mass is 339 g/mol. The quantitative estimate of drug-likeness (QED) is 0.726. The lowest BCUT2D eigenvalue weighted by Gasteiger charge is -2.05. The van der Waals surface area contributed by atoms with E-state index in [0.29, 0.717) is 35.6 Å². The fourth-order valence-corrected chi connectivity index (χ4v) is 2.14. The number of aryl methyl sites for hydroxylation is 2. The van der Waals surface area contributed by atoms with Gasteiger partial charge in [-0.3, -0.25) is 15.1 Å². The molecule has 3 heterocycles. The van der Waals surface area contributed by atoms with Crippen LogP contribution in [0.4, 0.5) is 12.0 Å². The van der Waals surface area contributed by atoms with Gasteiger partial charge in [0.2, 0.25) is 11.7 Å². The molecule has 0 saturated carbocycles. The molecule has 0 unspecified atom stereocenters. The van der Waals surface area contributed by atoms with Gasteiger partial charge in [-0.05, 0) is 32.9 Å². The van der Waals surface area contributed by atoms with E-state index < -0.39 is 5.91 Å². The van der Waals surface area contributed by atoms with Crippen molar-refractivity contribution in [2.75, 3.05) is 17.2 Å². The maximum absolute atomic E-state index is 12.4. The van der Waals surface area contributed by atoms with Crippen LogP contribution in [0.2, 0.25) is 0 Å². The Hall–Kier alpha value is -3.36. The van der Waals surface area contributed by atoms with E-state index >= 15 is 0 Å².